The molecule has 2 unspecified atom stereocenters. The van der Waals surface area contributed by atoms with Gasteiger partial charge in [-0.3, -0.25) is 0 Å². The number of epoxide rings is 1. The van der Waals surface area contributed by atoms with Crippen LogP contribution in [0.2, 0.25) is 0 Å². The Kier molecular flexibility index (Phi) is 8.84. The van der Waals surface area contributed by atoms with Crippen LogP contribution >= 0.6 is 23.5 Å². The summed E-state index contributed by atoms with van der Waals surface area (Å²) in [7, 11) is 0. The second-order valence-corrected chi connectivity index (χ2v) is 6.55. The van der Waals surface area contributed by atoms with E-state index in [-0.39, 0.29) is 6.10 Å². The van der Waals surface area contributed by atoms with Crippen LogP contribution in [-0.2, 0) is 4.74 Å². The first-order chi connectivity index (χ1) is 7.83. The SMILES string of the molecule is CCCSCC1CO1.OC1CCCCSC1. The average molecular weight is 264 g/mol. The molecule has 0 aliphatic carbocycles. The topological polar surface area (TPSA) is 32.8 Å². The summed E-state index contributed by atoms with van der Waals surface area (Å²) in [4.78, 5) is 0. The van der Waals surface area contributed by atoms with Gasteiger partial charge in [-0.2, -0.15) is 23.5 Å². The van der Waals surface area contributed by atoms with E-state index in [1.54, 1.807) is 0 Å². The van der Waals surface area contributed by atoms with Crippen LogP contribution in [0.25, 0.3) is 0 Å². The molecule has 2 atom stereocenters. The van der Waals surface area contributed by atoms with Crippen LogP contribution in [0.15, 0.2) is 0 Å². The van der Waals surface area contributed by atoms with Crippen LogP contribution in [0.5, 0.6) is 0 Å². The van der Waals surface area contributed by atoms with Crippen LogP contribution in [-0.4, -0.2) is 46.9 Å². The van der Waals surface area contributed by atoms with E-state index in [0.29, 0.717) is 6.10 Å². The molecule has 0 aromatic carbocycles. The van der Waals surface area contributed by atoms with E-state index in [2.05, 4.69) is 6.92 Å². The van der Waals surface area contributed by atoms with Gasteiger partial charge in [0.1, 0.15) is 0 Å². The van der Waals surface area contributed by atoms with Crippen LogP contribution in [0, 0.1) is 0 Å². The van der Waals surface area contributed by atoms with Crippen molar-refractivity contribution in [3.05, 3.63) is 0 Å². The first-order valence-electron chi connectivity index (χ1n) is 6.28. The van der Waals surface area contributed by atoms with Crippen molar-refractivity contribution in [1.82, 2.24) is 0 Å². The van der Waals surface area contributed by atoms with Gasteiger partial charge in [-0.15, -0.1) is 0 Å². The molecule has 2 saturated heterocycles. The summed E-state index contributed by atoms with van der Waals surface area (Å²) in [6, 6.07) is 0. The third-order valence-corrected chi connectivity index (χ3v) is 4.94. The standard InChI is InChI=1S/2C6H12OS/c1-2-3-8-5-6-4-7-6;7-6-3-1-2-4-8-5-6/h6H,2-5H2,1H3;6-7H,1-5H2. The molecule has 0 aromatic heterocycles. The number of aliphatic hydroxyl groups is 1. The van der Waals surface area contributed by atoms with Gasteiger partial charge in [-0.05, 0) is 30.8 Å². The summed E-state index contributed by atoms with van der Waals surface area (Å²) in [6.45, 7) is 3.22. The lowest BCUT2D eigenvalue weighted by Crippen LogP contribution is -2.06. The van der Waals surface area contributed by atoms with Crippen molar-refractivity contribution in [3.63, 3.8) is 0 Å². The van der Waals surface area contributed by atoms with Gasteiger partial charge in [0.05, 0.1) is 18.8 Å². The molecule has 0 bridgehead atoms. The van der Waals surface area contributed by atoms with Crippen molar-refractivity contribution in [2.45, 2.75) is 44.8 Å². The van der Waals surface area contributed by atoms with Crippen molar-refractivity contribution < 1.29 is 9.84 Å². The third kappa shape index (κ3) is 8.74. The average Bonchev–Trinajstić information content (AvgIpc) is 3.08. The van der Waals surface area contributed by atoms with E-state index in [1.165, 1.54) is 36.5 Å². The van der Waals surface area contributed by atoms with Crippen LogP contribution in [0.3, 0.4) is 0 Å². The molecule has 0 aromatic rings. The lowest BCUT2D eigenvalue weighted by atomic mass is 10.2. The summed E-state index contributed by atoms with van der Waals surface area (Å²) in [5.41, 5.74) is 0. The highest BCUT2D eigenvalue weighted by molar-refractivity contribution is 7.99. The Balaban J connectivity index is 0.000000160. The first kappa shape index (κ1) is 14.7. The van der Waals surface area contributed by atoms with E-state index < -0.39 is 0 Å². The van der Waals surface area contributed by atoms with E-state index in [4.69, 9.17) is 9.84 Å². The molecule has 2 rings (SSSR count). The largest absolute Gasteiger partial charge is 0.392 e. The predicted octanol–water partition coefficient (Wildman–Crippen LogP) is 2.79. The molecular formula is C12H24O2S2. The van der Waals surface area contributed by atoms with E-state index in [1.807, 2.05) is 23.5 Å². The van der Waals surface area contributed by atoms with E-state index in [9.17, 15) is 0 Å². The van der Waals surface area contributed by atoms with Gasteiger partial charge in [0.25, 0.3) is 0 Å². The summed E-state index contributed by atoms with van der Waals surface area (Å²) in [5.74, 6) is 4.71. The minimum Gasteiger partial charge on any atom is -0.392 e. The fraction of sp³-hybridized carbons (Fsp3) is 1.00. The highest BCUT2D eigenvalue weighted by Crippen LogP contribution is 2.16. The minimum absolute atomic E-state index is 0.0116. The molecule has 0 radical (unpaired) electrons. The Morgan fingerprint density at radius 1 is 1.44 bits per heavy atom. The molecule has 2 aliphatic rings. The molecule has 2 aliphatic heterocycles. The third-order valence-electron chi connectivity index (χ3n) is 2.44. The normalized spacial score (nSPS) is 28.9. The minimum atomic E-state index is -0.0116. The van der Waals surface area contributed by atoms with Crippen molar-refractivity contribution in [1.29, 1.82) is 0 Å². The van der Waals surface area contributed by atoms with Crippen molar-refractivity contribution in [2.24, 2.45) is 0 Å². The summed E-state index contributed by atoms with van der Waals surface area (Å²) in [6.07, 6.45) is 5.43. The number of aliphatic hydroxyl groups excluding tert-OH is 1. The van der Waals surface area contributed by atoms with Crippen LogP contribution in [0.1, 0.15) is 32.6 Å². The Labute approximate surface area is 108 Å². The van der Waals surface area contributed by atoms with Crippen molar-refractivity contribution in [3.8, 4) is 0 Å². The predicted molar refractivity (Wildman–Crippen MR) is 74.5 cm³/mol. The second kappa shape index (κ2) is 9.63. The lowest BCUT2D eigenvalue weighted by Gasteiger charge is -2.01. The highest BCUT2D eigenvalue weighted by Gasteiger charge is 2.21. The zero-order valence-electron chi connectivity index (χ0n) is 10.2. The number of thioether (sulfide) groups is 2. The monoisotopic (exact) mass is 264 g/mol. The van der Waals surface area contributed by atoms with Gasteiger partial charge >= 0.3 is 0 Å². The quantitative estimate of drug-likeness (QED) is 0.625. The highest BCUT2D eigenvalue weighted by atomic mass is 32.2. The Hall–Kier alpha value is 0.620. The van der Waals surface area contributed by atoms with Gasteiger partial charge < -0.3 is 9.84 Å². The zero-order valence-corrected chi connectivity index (χ0v) is 11.8. The molecule has 0 spiro atoms. The number of hydrogen-bond acceptors (Lipinski definition) is 4. The molecule has 0 saturated carbocycles. The molecular weight excluding hydrogens is 240 g/mol. The summed E-state index contributed by atoms with van der Waals surface area (Å²) >= 11 is 3.87. The maximum atomic E-state index is 9.07. The first-order valence-corrected chi connectivity index (χ1v) is 8.59. The number of rotatable bonds is 4. The van der Waals surface area contributed by atoms with Crippen molar-refractivity contribution >= 4 is 23.5 Å². The molecule has 96 valence electrons. The van der Waals surface area contributed by atoms with E-state index in [0.717, 1.165) is 18.8 Å². The smallest absolute Gasteiger partial charge is 0.0900 e. The Morgan fingerprint density at radius 2 is 2.25 bits per heavy atom. The Morgan fingerprint density at radius 3 is 2.94 bits per heavy atom. The molecule has 2 fully saturated rings. The van der Waals surface area contributed by atoms with Crippen molar-refractivity contribution in [2.75, 3.05) is 29.6 Å². The van der Waals surface area contributed by atoms with Gasteiger partial charge in [-0.25, -0.2) is 0 Å². The Bertz CT molecular complexity index is 155. The molecule has 2 nitrogen and oxygen atoms in total. The molecule has 2 heterocycles. The van der Waals surface area contributed by atoms with Gasteiger partial charge in [0.15, 0.2) is 0 Å². The van der Waals surface area contributed by atoms with Gasteiger partial charge in [0, 0.05) is 11.5 Å². The van der Waals surface area contributed by atoms with Gasteiger partial charge in [0.2, 0.25) is 0 Å². The molecule has 4 heteroatoms. The maximum Gasteiger partial charge on any atom is 0.0900 e. The lowest BCUT2D eigenvalue weighted by molar-refractivity contribution is 0.188. The fourth-order valence-electron chi connectivity index (χ4n) is 1.41. The second-order valence-electron chi connectivity index (χ2n) is 4.25. The molecule has 16 heavy (non-hydrogen) atoms. The fourth-order valence-corrected chi connectivity index (χ4v) is 3.33. The van der Waals surface area contributed by atoms with Crippen LogP contribution in [0.4, 0.5) is 0 Å². The maximum absolute atomic E-state index is 9.07. The number of hydrogen-bond donors (Lipinski definition) is 1. The molecule has 1 N–H and O–H groups in total. The zero-order chi connectivity index (χ0) is 11.6. The molecule has 0 amide bonds. The van der Waals surface area contributed by atoms with Gasteiger partial charge in [-0.1, -0.05) is 13.3 Å². The number of ether oxygens (including phenoxy) is 1. The summed E-state index contributed by atoms with van der Waals surface area (Å²) < 4.78 is 5.03. The summed E-state index contributed by atoms with van der Waals surface area (Å²) in [5, 5.41) is 9.07. The van der Waals surface area contributed by atoms with E-state index >= 15 is 0 Å². The van der Waals surface area contributed by atoms with Crippen LogP contribution < -0.4 is 0 Å².